The third-order valence-corrected chi connectivity index (χ3v) is 3.74. The molecule has 0 bridgehead atoms. The van der Waals surface area contributed by atoms with E-state index in [2.05, 4.69) is 17.6 Å². The third-order valence-electron chi connectivity index (χ3n) is 3.52. The normalized spacial score (nSPS) is 23.1. The average molecular weight is 283 g/mol. The molecule has 3 N–H and O–H groups in total. The molecule has 2 rings (SSSR count). The molecule has 5 heteroatoms. The second kappa shape index (κ2) is 5.80. The van der Waals surface area contributed by atoms with Crippen LogP contribution in [-0.2, 0) is 4.79 Å². The zero-order chi connectivity index (χ0) is 14.0. The van der Waals surface area contributed by atoms with Gasteiger partial charge in [0.05, 0.1) is 5.69 Å². The highest BCUT2D eigenvalue weighted by Gasteiger charge is 2.25. The van der Waals surface area contributed by atoms with Gasteiger partial charge in [-0.2, -0.15) is 0 Å². The lowest BCUT2D eigenvalue weighted by atomic mass is 9.92. The zero-order valence-corrected chi connectivity index (χ0v) is 11.9. The molecule has 1 aromatic carbocycles. The number of phenolic OH excluding ortho intramolecular Hbond substituents is 1. The van der Waals surface area contributed by atoms with Gasteiger partial charge in [-0.15, -0.1) is 0 Å². The van der Waals surface area contributed by atoms with E-state index in [-0.39, 0.29) is 17.6 Å². The number of aryl methyl sites for hydroxylation is 1. The lowest BCUT2D eigenvalue weighted by Crippen LogP contribution is -2.40. The molecule has 0 aliphatic carbocycles. The number of benzene rings is 1. The number of carbonyl (C=O) groups is 1. The fourth-order valence-electron chi connectivity index (χ4n) is 2.44. The summed E-state index contributed by atoms with van der Waals surface area (Å²) in [6.07, 6.45) is 1.63. The molecule has 0 radical (unpaired) electrons. The molecule has 0 aromatic heterocycles. The lowest BCUT2D eigenvalue weighted by molar-refractivity contribution is -0.120. The van der Waals surface area contributed by atoms with Crippen LogP contribution in [0.1, 0.15) is 25.3 Å². The first-order valence-electron chi connectivity index (χ1n) is 6.50. The van der Waals surface area contributed by atoms with Crippen LogP contribution in [0, 0.1) is 12.8 Å². The number of anilines is 1. The van der Waals surface area contributed by atoms with Gasteiger partial charge < -0.3 is 15.7 Å². The molecule has 1 aliphatic rings. The van der Waals surface area contributed by atoms with Crippen molar-refractivity contribution in [2.24, 2.45) is 5.92 Å². The van der Waals surface area contributed by atoms with Crippen molar-refractivity contribution in [1.29, 1.82) is 0 Å². The van der Waals surface area contributed by atoms with Gasteiger partial charge in [-0.25, -0.2) is 0 Å². The maximum Gasteiger partial charge on any atom is 0.227 e. The van der Waals surface area contributed by atoms with Crippen molar-refractivity contribution >= 4 is 23.2 Å². The van der Waals surface area contributed by atoms with Crippen LogP contribution < -0.4 is 10.6 Å². The van der Waals surface area contributed by atoms with E-state index >= 15 is 0 Å². The standard InChI is InChI=1S/C14H19ClN2O2/c1-8-5-11(15)7-12(13(8)18)17-14(19)10-3-4-16-9(2)6-10/h5,7,9-10,16,18H,3-4,6H2,1-2H3,(H,17,19)/t9-,10-/m0/s1. The first kappa shape index (κ1) is 14.2. The fourth-order valence-corrected chi connectivity index (χ4v) is 2.71. The Balaban J connectivity index is 2.10. The van der Waals surface area contributed by atoms with Crippen molar-refractivity contribution in [1.82, 2.24) is 5.32 Å². The molecular weight excluding hydrogens is 264 g/mol. The van der Waals surface area contributed by atoms with Gasteiger partial charge >= 0.3 is 0 Å². The summed E-state index contributed by atoms with van der Waals surface area (Å²) in [6.45, 7) is 4.67. The predicted octanol–water partition coefficient (Wildman–Crippen LogP) is 2.68. The van der Waals surface area contributed by atoms with Gasteiger partial charge in [-0.1, -0.05) is 11.6 Å². The molecule has 1 saturated heterocycles. The monoisotopic (exact) mass is 282 g/mol. The van der Waals surface area contributed by atoms with E-state index < -0.39 is 0 Å². The van der Waals surface area contributed by atoms with E-state index in [4.69, 9.17) is 11.6 Å². The van der Waals surface area contributed by atoms with Gasteiger partial charge in [0.2, 0.25) is 5.91 Å². The zero-order valence-electron chi connectivity index (χ0n) is 11.2. The molecule has 0 spiro atoms. The topological polar surface area (TPSA) is 61.4 Å². The first-order chi connectivity index (χ1) is 8.97. The van der Waals surface area contributed by atoms with Gasteiger partial charge in [-0.05, 0) is 50.9 Å². The summed E-state index contributed by atoms with van der Waals surface area (Å²) in [5, 5.41) is 16.5. The number of piperidine rings is 1. The largest absolute Gasteiger partial charge is 0.505 e. The number of phenols is 1. The van der Waals surface area contributed by atoms with Crippen LogP contribution in [0.2, 0.25) is 5.02 Å². The molecule has 0 unspecified atom stereocenters. The Morgan fingerprint density at radius 3 is 2.95 bits per heavy atom. The Bertz CT molecular complexity index is 491. The first-order valence-corrected chi connectivity index (χ1v) is 6.88. The lowest BCUT2D eigenvalue weighted by Gasteiger charge is -2.27. The number of halogens is 1. The molecule has 2 atom stereocenters. The fraction of sp³-hybridized carbons (Fsp3) is 0.500. The van der Waals surface area contributed by atoms with E-state index in [1.165, 1.54) is 0 Å². The minimum absolute atomic E-state index is 0.0186. The quantitative estimate of drug-likeness (QED) is 0.731. The Kier molecular flexibility index (Phi) is 4.32. The average Bonchev–Trinajstić information content (AvgIpc) is 2.35. The van der Waals surface area contributed by atoms with Gasteiger partial charge in [-0.3, -0.25) is 4.79 Å². The van der Waals surface area contributed by atoms with Crippen molar-refractivity contribution in [3.8, 4) is 5.75 Å². The predicted molar refractivity (Wildman–Crippen MR) is 76.7 cm³/mol. The third kappa shape index (κ3) is 3.39. The Morgan fingerprint density at radius 2 is 2.26 bits per heavy atom. The second-order valence-corrected chi connectivity index (χ2v) is 5.62. The number of nitrogens with one attached hydrogen (secondary N) is 2. The summed E-state index contributed by atoms with van der Waals surface area (Å²) in [5.74, 6) is 0.0139. The summed E-state index contributed by atoms with van der Waals surface area (Å²) in [5.41, 5.74) is 1.04. The molecule has 0 saturated carbocycles. The van der Waals surface area contributed by atoms with Crippen molar-refractivity contribution in [3.05, 3.63) is 22.7 Å². The minimum Gasteiger partial charge on any atom is -0.505 e. The van der Waals surface area contributed by atoms with Crippen LogP contribution in [-0.4, -0.2) is 23.6 Å². The van der Waals surface area contributed by atoms with E-state index in [0.29, 0.717) is 22.3 Å². The van der Waals surface area contributed by atoms with E-state index in [9.17, 15) is 9.90 Å². The number of hydrogen-bond donors (Lipinski definition) is 3. The van der Waals surface area contributed by atoms with Crippen LogP contribution in [0.25, 0.3) is 0 Å². The Morgan fingerprint density at radius 1 is 1.53 bits per heavy atom. The van der Waals surface area contributed by atoms with Gasteiger partial charge in [0, 0.05) is 17.0 Å². The molecule has 1 aliphatic heterocycles. The van der Waals surface area contributed by atoms with Gasteiger partial charge in [0.1, 0.15) is 5.75 Å². The number of carbonyl (C=O) groups excluding carboxylic acids is 1. The van der Waals surface area contributed by atoms with Crippen molar-refractivity contribution < 1.29 is 9.90 Å². The van der Waals surface area contributed by atoms with Crippen molar-refractivity contribution in [2.75, 3.05) is 11.9 Å². The summed E-state index contributed by atoms with van der Waals surface area (Å²) in [6, 6.07) is 3.59. The maximum atomic E-state index is 12.2. The molecule has 4 nitrogen and oxygen atoms in total. The van der Waals surface area contributed by atoms with Crippen LogP contribution in [0.4, 0.5) is 5.69 Å². The molecule has 1 amide bonds. The van der Waals surface area contributed by atoms with Gasteiger partial charge in [0.25, 0.3) is 0 Å². The van der Waals surface area contributed by atoms with E-state index in [1.807, 2.05) is 0 Å². The summed E-state index contributed by atoms with van der Waals surface area (Å²) in [7, 11) is 0. The van der Waals surface area contributed by atoms with Crippen molar-refractivity contribution in [3.63, 3.8) is 0 Å². The smallest absolute Gasteiger partial charge is 0.227 e. The maximum absolute atomic E-state index is 12.2. The second-order valence-electron chi connectivity index (χ2n) is 5.18. The molecule has 1 heterocycles. The summed E-state index contributed by atoms with van der Waals surface area (Å²) in [4.78, 5) is 12.2. The molecular formula is C14H19ClN2O2. The molecule has 1 fully saturated rings. The highest BCUT2D eigenvalue weighted by Crippen LogP contribution is 2.31. The minimum atomic E-state index is -0.0506. The highest BCUT2D eigenvalue weighted by atomic mass is 35.5. The number of amides is 1. The van der Waals surface area contributed by atoms with E-state index in [1.54, 1.807) is 19.1 Å². The summed E-state index contributed by atoms with van der Waals surface area (Å²) < 4.78 is 0. The van der Waals surface area contributed by atoms with E-state index in [0.717, 1.165) is 19.4 Å². The van der Waals surface area contributed by atoms with Crippen LogP contribution in [0.5, 0.6) is 5.75 Å². The summed E-state index contributed by atoms with van der Waals surface area (Å²) >= 11 is 5.94. The molecule has 19 heavy (non-hydrogen) atoms. The SMILES string of the molecule is Cc1cc(Cl)cc(NC(=O)[C@H]2CCN[C@@H](C)C2)c1O. The Hall–Kier alpha value is -1.26. The van der Waals surface area contributed by atoms with Crippen LogP contribution in [0.15, 0.2) is 12.1 Å². The van der Waals surface area contributed by atoms with Crippen molar-refractivity contribution in [2.45, 2.75) is 32.7 Å². The number of hydrogen-bond acceptors (Lipinski definition) is 3. The highest BCUT2D eigenvalue weighted by molar-refractivity contribution is 6.31. The molecule has 104 valence electrons. The molecule has 1 aromatic rings. The Labute approximate surface area is 118 Å². The van der Waals surface area contributed by atoms with Crippen LogP contribution >= 0.6 is 11.6 Å². The van der Waals surface area contributed by atoms with Gasteiger partial charge in [0.15, 0.2) is 0 Å². The number of rotatable bonds is 2. The number of aromatic hydroxyl groups is 1. The van der Waals surface area contributed by atoms with Crippen LogP contribution in [0.3, 0.4) is 0 Å².